The summed E-state index contributed by atoms with van der Waals surface area (Å²) in [5.74, 6) is -0.0111. The average Bonchev–Trinajstić information content (AvgIpc) is 3.38. The van der Waals surface area contributed by atoms with E-state index in [1.165, 1.54) is 0 Å². The van der Waals surface area contributed by atoms with Crippen molar-refractivity contribution in [2.45, 2.75) is 31.8 Å². The number of fused-ring (bicyclic) bond motifs is 1. The van der Waals surface area contributed by atoms with E-state index in [1.54, 1.807) is 41.1 Å². The van der Waals surface area contributed by atoms with Crippen LogP contribution in [-0.2, 0) is 18.4 Å². The molecule has 0 radical (unpaired) electrons. The lowest BCUT2D eigenvalue weighted by atomic mass is 9.67. The van der Waals surface area contributed by atoms with E-state index in [2.05, 4.69) is 25.6 Å². The summed E-state index contributed by atoms with van der Waals surface area (Å²) >= 11 is 0. The third-order valence-corrected chi connectivity index (χ3v) is 6.31. The molecule has 0 aliphatic carbocycles. The van der Waals surface area contributed by atoms with Gasteiger partial charge in [0.15, 0.2) is 0 Å². The molecule has 2 aromatic heterocycles. The minimum atomic E-state index is -0.554. The fraction of sp³-hybridized carbons (Fsp3) is 0.632. The van der Waals surface area contributed by atoms with Crippen LogP contribution < -0.4 is 5.32 Å². The van der Waals surface area contributed by atoms with Crippen LogP contribution in [0.15, 0.2) is 24.7 Å². The molecule has 2 atom stereocenters. The number of nitrogens with one attached hydrogen (secondary N) is 1. The predicted octanol–water partition coefficient (Wildman–Crippen LogP) is -0.245. The van der Waals surface area contributed by atoms with Crippen LogP contribution in [0.4, 0.5) is 0 Å². The Morgan fingerprint density at radius 2 is 2.10 bits per heavy atom. The smallest absolute Gasteiger partial charge is 0.272 e. The van der Waals surface area contributed by atoms with Crippen molar-refractivity contribution in [3.05, 3.63) is 30.4 Å². The number of nitrogens with zero attached hydrogens (tertiary/aromatic N) is 7. The number of likely N-dealkylation sites (N-methyl/N-ethyl adjacent to an activating group) is 1. The largest absolute Gasteiger partial charge is 0.354 e. The maximum atomic E-state index is 13.4. The number of aryl methyl sites for hydroxylation is 1. The molecule has 4 heterocycles. The van der Waals surface area contributed by atoms with Crippen LogP contribution in [0.2, 0.25) is 0 Å². The molecule has 0 spiro atoms. The number of amides is 2. The maximum Gasteiger partial charge on any atom is 0.272 e. The molecule has 29 heavy (non-hydrogen) atoms. The van der Waals surface area contributed by atoms with Crippen LogP contribution in [0.3, 0.4) is 0 Å². The van der Waals surface area contributed by atoms with E-state index in [1.807, 2.05) is 11.9 Å². The van der Waals surface area contributed by atoms with Crippen molar-refractivity contribution in [1.82, 2.24) is 39.9 Å². The summed E-state index contributed by atoms with van der Waals surface area (Å²) in [4.78, 5) is 30.8. The number of hydrogen-bond donors (Lipinski definition) is 1. The van der Waals surface area contributed by atoms with Crippen molar-refractivity contribution in [1.29, 1.82) is 0 Å². The van der Waals surface area contributed by atoms with Crippen molar-refractivity contribution in [2.75, 3.05) is 33.2 Å². The molecule has 0 saturated carbocycles. The lowest BCUT2D eigenvalue weighted by molar-refractivity contribution is -0.142. The Balaban J connectivity index is 1.53. The number of carbonyl (C=O) groups excluding carboxylic acids is 2. The summed E-state index contributed by atoms with van der Waals surface area (Å²) in [7, 11) is 3.82. The van der Waals surface area contributed by atoms with Gasteiger partial charge in [-0.15, -0.1) is 5.10 Å². The van der Waals surface area contributed by atoms with E-state index >= 15 is 0 Å². The minimum Gasteiger partial charge on any atom is -0.354 e. The Kier molecular flexibility index (Phi) is 5.35. The van der Waals surface area contributed by atoms with Crippen molar-refractivity contribution in [3.8, 4) is 0 Å². The van der Waals surface area contributed by atoms with Gasteiger partial charge in [0, 0.05) is 39.1 Å². The highest BCUT2D eigenvalue weighted by molar-refractivity contribution is 5.94. The first-order valence-electron chi connectivity index (χ1n) is 10.1. The Labute approximate surface area is 169 Å². The molecule has 0 unspecified atom stereocenters. The van der Waals surface area contributed by atoms with Crippen LogP contribution in [-0.4, -0.2) is 85.7 Å². The molecule has 156 valence electrons. The van der Waals surface area contributed by atoms with E-state index in [9.17, 15) is 9.59 Å². The summed E-state index contributed by atoms with van der Waals surface area (Å²) in [6, 6.07) is 1.59. The molecule has 2 aliphatic rings. The molecule has 10 heteroatoms. The number of likely N-dealkylation sites (tertiary alicyclic amines) is 2. The molecule has 2 saturated heterocycles. The molecule has 0 bridgehead atoms. The van der Waals surface area contributed by atoms with Gasteiger partial charge >= 0.3 is 0 Å². The highest BCUT2D eigenvalue weighted by Gasteiger charge is 2.53. The zero-order valence-corrected chi connectivity index (χ0v) is 17.0. The van der Waals surface area contributed by atoms with Crippen molar-refractivity contribution < 1.29 is 9.59 Å². The molecular formula is C19H28N8O2. The van der Waals surface area contributed by atoms with Gasteiger partial charge in [0.1, 0.15) is 5.69 Å². The first-order valence-corrected chi connectivity index (χ1v) is 10.1. The van der Waals surface area contributed by atoms with E-state index in [4.69, 9.17) is 0 Å². The van der Waals surface area contributed by atoms with Gasteiger partial charge in [-0.1, -0.05) is 5.21 Å². The second kappa shape index (κ2) is 7.94. The summed E-state index contributed by atoms with van der Waals surface area (Å²) in [6.45, 7) is 3.27. The van der Waals surface area contributed by atoms with Gasteiger partial charge in [0.05, 0.1) is 24.2 Å². The average molecular weight is 400 g/mol. The number of hydrogen-bond acceptors (Lipinski definition) is 6. The van der Waals surface area contributed by atoms with E-state index in [0.29, 0.717) is 31.9 Å². The third-order valence-electron chi connectivity index (χ3n) is 6.31. The lowest BCUT2D eigenvalue weighted by Gasteiger charge is -2.53. The molecule has 4 rings (SSSR count). The first kappa shape index (κ1) is 19.6. The van der Waals surface area contributed by atoms with E-state index in [-0.39, 0.29) is 17.9 Å². The summed E-state index contributed by atoms with van der Waals surface area (Å²) in [6.07, 6.45) is 7.40. The van der Waals surface area contributed by atoms with Gasteiger partial charge < -0.3 is 15.1 Å². The Hall–Kier alpha value is -2.75. The van der Waals surface area contributed by atoms with Gasteiger partial charge in [-0.2, -0.15) is 5.10 Å². The summed E-state index contributed by atoms with van der Waals surface area (Å²) < 4.78 is 3.30. The quantitative estimate of drug-likeness (QED) is 0.743. The van der Waals surface area contributed by atoms with E-state index in [0.717, 1.165) is 25.8 Å². The van der Waals surface area contributed by atoms with Gasteiger partial charge in [0.25, 0.3) is 5.91 Å². The summed E-state index contributed by atoms with van der Waals surface area (Å²) in [5, 5.41) is 15.0. The van der Waals surface area contributed by atoms with Crippen LogP contribution in [0.5, 0.6) is 0 Å². The second-order valence-electron chi connectivity index (χ2n) is 8.05. The fourth-order valence-corrected chi connectivity index (χ4v) is 4.69. The molecule has 2 aliphatic heterocycles. The number of rotatable bonds is 5. The minimum absolute atomic E-state index is 0.0400. The second-order valence-corrected chi connectivity index (χ2v) is 8.05. The van der Waals surface area contributed by atoms with Crippen LogP contribution in [0.1, 0.15) is 29.8 Å². The van der Waals surface area contributed by atoms with E-state index < -0.39 is 5.41 Å². The zero-order chi connectivity index (χ0) is 20.4. The van der Waals surface area contributed by atoms with Crippen molar-refractivity contribution >= 4 is 11.8 Å². The SMILES string of the molecule is CN1CC[C@]2(C(=O)NCCn3ccnn3)CCCN(C(=O)c3ccnn3C)[C@H]2C1. The Morgan fingerprint density at radius 1 is 1.24 bits per heavy atom. The van der Waals surface area contributed by atoms with Gasteiger partial charge in [0.2, 0.25) is 5.91 Å². The normalized spacial score (nSPS) is 24.9. The third kappa shape index (κ3) is 3.64. The highest BCUT2D eigenvalue weighted by Crippen LogP contribution is 2.43. The monoisotopic (exact) mass is 400 g/mol. The highest BCUT2D eigenvalue weighted by atomic mass is 16.2. The lowest BCUT2D eigenvalue weighted by Crippen LogP contribution is -2.66. The number of piperidine rings is 2. The van der Waals surface area contributed by atoms with Gasteiger partial charge in [-0.3, -0.25) is 19.0 Å². The van der Waals surface area contributed by atoms with Crippen molar-refractivity contribution in [3.63, 3.8) is 0 Å². The predicted molar refractivity (Wildman–Crippen MR) is 105 cm³/mol. The van der Waals surface area contributed by atoms with Gasteiger partial charge in [-0.25, -0.2) is 0 Å². The zero-order valence-electron chi connectivity index (χ0n) is 17.0. The molecule has 10 nitrogen and oxygen atoms in total. The molecule has 2 fully saturated rings. The van der Waals surface area contributed by atoms with Crippen molar-refractivity contribution in [2.24, 2.45) is 12.5 Å². The van der Waals surface area contributed by atoms with Crippen LogP contribution >= 0.6 is 0 Å². The number of carbonyl (C=O) groups is 2. The molecule has 2 amide bonds. The van der Waals surface area contributed by atoms with Crippen LogP contribution in [0.25, 0.3) is 0 Å². The number of aromatic nitrogens is 5. The molecular weight excluding hydrogens is 372 g/mol. The Bertz CT molecular complexity index is 863. The first-order chi connectivity index (χ1) is 14.0. The topological polar surface area (TPSA) is 101 Å². The molecule has 1 N–H and O–H groups in total. The maximum absolute atomic E-state index is 13.4. The standard InChI is InChI=1S/C19H28N8O2/c1-24-11-6-19(18(29)20-8-12-26-13-9-21-23-26)5-3-10-27(16(19)14-24)17(28)15-4-7-22-25(15)2/h4,7,9,13,16H,3,5-6,8,10-12,14H2,1-2H3,(H,20,29)/t16-,19+/m0/s1. The Morgan fingerprint density at radius 3 is 2.83 bits per heavy atom. The van der Waals surface area contributed by atoms with Gasteiger partial charge in [-0.05, 0) is 38.9 Å². The molecule has 0 aromatic carbocycles. The van der Waals surface area contributed by atoms with Crippen LogP contribution in [0, 0.1) is 5.41 Å². The fourth-order valence-electron chi connectivity index (χ4n) is 4.69. The molecule has 2 aromatic rings. The summed E-state index contributed by atoms with van der Waals surface area (Å²) in [5.41, 5.74) is 0.00194.